The standard InChI is InChI=1S/C23H20BrNO3S/c1-15-6-12-20(13-7-15)29(27,28)25-22(17-8-10-19(24)11-9-17)21(23(25)26)18-5-3-4-16(2)14-18/h3-14,21-22H,1-2H3/t21-,22-/m0/s1. The molecule has 1 saturated heterocycles. The van der Waals surface area contributed by atoms with Gasteiger partial charge in [-0.05, 0) is 49.2 Å². The quantitative estimate of drug-likeness (QED) is 0.498. The fourth-order valence-electron chi connectivity index (χ4n) is 3.73. The SMILES string of the molecule is Cc1ccc(S(=O)(=O)N2C(=O)[C@@H](c3cccc(C)c3)[C@@H]2c2ccc(Br)cc2)cc1. The molecule has 0 spiro atoms. The molecule has 3 aromatic rings. The van der Waals surface area contributed by atoms with Crippen molar-refractivity contribution < 1.29 is 13.2 Å². The predicted octanol–water partition coefficient (Wildman–Crippen LogP) is 5.12. The Bertz CT molecular complexity index is 1170. The number of nitrogens with zero attached hydrogens (tertiary/aromatic N) is 1. The minimum Gasteiger partial charge on any atom is -0.273 e. The van der Waals surface area contributed by atoms with Crippen molar-refractivity contribution in [3.8, 4) is 0 Å². The fourth-order valence-corrected chi connectivity index (χ4v) is 5.59. The number of hydrogen-bond acceptors (Lipinski definition) is 3. The first-order valence-corrected chi connectivity index (χ1v) is 11.5. The summed E-state index contributed by atoms with van der Waals surface area (Å²) in [7, 11) is -3.95. The first-order chi connectivity index (χ1) is 13.8. The summed E-state index contributed by atoms with van der Waals surface area (Å²) in [6, 6.07) is 21.1. The van der Waals surface area contributed by atoms with E-state index in [0.29, 0.717) is 0 Å². The molecule has 0 saturated carbocycles. The summed E-state index contributed by atoms with van der Waals surface area (Å²) in [6.45, 7) is 3.85. The molecule has 3 aromatic carbocycles. The van der Waals surface area contributed by atoms with Crippen LogP contribution in [0.5, 0.6) is 0 Å². The summed E-state index contributed by atoms with van der Waals surface area (Å²) in [5.74, 6) is -0.930. The third-order valence-electron chi connectivity index (χ3n) is 5.24. The lowest BCUT2D eigenvalue weighted by atomic mass is 9.79. The molecule has 29 heavy (non-hydrogen) atoms. The summed E-state index contributed by atoms with van der Waals surface area (Å²) in [5, 5.41) is 0. The third kappa shape index (κ3) is 3.51. The van der Waals surface area contributed by atoms with Gasteiger partial charge in [-0.25, -0.2) is 12.7 Å². The van der Waals surface area contributed by atoms with E-state index in [4.69, 9.17) is 0 Å². The molecule has 6 heteroatoms. The van der Waals surface area contributed by atoms with Crippen LogP contribution in [0.3, 0.4) is 0 Å². The summed E-state index contributed by atoms with van der Waals surface area (Å²) in [5.41, 5.74) is 3.61. The van der Waals surface area contributed by atoms with E-state index in [1.807, 2.05) is 62.4 Å². The van der Waals surface area contributed by atoms with Crippen molar-refractivity contribution in [3.05, 3.63) is 99.5 Å². The smallest absolute Gasteiger partial charge is 0.267 e. The Balaban J connectivity index is 1.81. The van der Waals surface area contributed by atoms with Crippen LogP contribution in [0.15, 0.2) is 82.2 Å². The van der Waals surface area contributed by atoms with Crippen molar-refractivity contribution in [2.45, 2.75) is 30.7 Å². The van der Waals surface area contributed by atoms with Gasteiger partial charge in [0.1, 0.15) is 0 Å². The Morgan fingerprint density at radius 1 is 0.828 bits per heavy atom. The van der Waals surface area contributed by atoms with Crippen LogP contribution in [-0.4, -0.2) is 18.6 Å². The van der Waals surface area contributed by atoms with E-state index >= 15 is 0 Å². The number of carbonyl (C=O) groups is 1. The largest absolute Gasteiger partial charge is 0.273 e. The number of aryl methyl sites for hydroxylation is 2. The highest BCUT2D eigenvalue weighted by atomic mass is 79.9. The molecular weight excluding hydrogens is 450 g/mol. The summed E-state index contributed by atoms with van der Waals surface area (Å²) < 4.78 is 28.6. The van der Waals surface area contributed by atoms with E-state index in [1.54, 1.807) is 24.3 Å². The second-order valence-electron chi connectivity index (χ2n) is 7.34. The molecular formula is C23H20BrNO3S. The lowest BCUT2D eigenvalue weighted by Crippen LogP contribution is -2.55. The Kier molecular flexibility index (Phi) is 5.09. The molecule has 4 rings (SSSR count). The lowest BCUT2D eigenvalue weighted by Gasteiger charge is -2.46. The van der Waals surface area contributed by atoms with Gasteiger partial charge in [-0.1, -0.05) is 75.6 Å². The van der Waals surface area contributed by atoms with Gasteiger partial charge in [-0.15, -0.1) is 0 Å². The molecule has 1 aliphatic heterocycles. The fraction of sp³-hybridized carbons (Fsp3) is 0.174. The topological polar surface area (TPSA) is 54.5 Å². The minimum absolute atomic E-state index is 0.126. The van der Waals surface area contributed by atoms with Gasteiger partial charge in [-0.2, -0.15) is 0 Å². The van der Waals surface area contributed by atoms with Crippen LogP contribution >= 0.6 is 15.9 Å². The highest BCUT2D eigenvalue weighted by Gasteiger charge is 2.54. The lowest BCUT2D eigenvalue weighted by molar-refractivity contribution is -0.141. The van der Waals surface area contributed by atoms with Gasteiger partial charge in [0, 0.05) is 4.47 Å². The molecule has 0 aromatic heterocycles. The molecule has 4 nitrogen and oxygen atoms in total. The van der Waals surface area contributed by atoms with Crippen molar-refractivity contribution in [3.63, 3.8) is 0 Å². The normalized spacial score (nSPS) is 19.1. The minimum atomic E-state index is -3.95. The number of rotatable bonds is 4. The summed E-state index contributed by atoms with van der Waals surface area (Å²) >= 11 is 3.42. The van der Waals surface area contributed by atoms with Gasteiger partial charge in [0.2, 0.25) is 5.91 Å². The van der Waals surface area contributed by atoms with Crippen LogP contribution in [0.25, 0.3) is 0 Å². The van der Waals surface area contributed by atoms with Crippen molar-refractivity contribution in [1.82, 2.24) is 4.31 Å². The molecule has 0 bridgehead atoms. The van der Waals surface area contributed by atoms with Gasteiger partial charge >= 0.3 is 0 Å². The van der Waals surface area contributed by atoms with Gasteiger partial charge in [-0.3, -0.25) is 4.79 Å². The average Bonchev–Trinajstić information content (AvgIpc) is 2.67. The van der Waals surface area contributed by atoms with Crippen LogP contribution < -0.4 is 0 Å². The van der Waals surface area contributed by atoms with E-state index in [2.05, 4.69) is 15.9 Å². The van der Waals surface area contributed by atoms with Crippen LogP contribution in [0.4, 0.5) is 0 Å². The van der Waals surface area contributed by atoms with Crippen LogP contribution in [0, 0.1) is 13.8 Å². The van der Waals surface area contributed by atoms with Gasteiger partial charge in [0.05, 0.1) is 16.9 Å². The zero-order valence-electron chi connectivity index (χ0n) is 16.0. The van der Waals surface area contributed by atoms with Crippen molar-refractivity contribution >= 4 is 31.9 Å². The third-order valence-corrected chi connectivity index (χ3v) is 7.56. The second kappa shape index (κ2) is 7.43. The van der Waals surface area contributed by atoms with E-state index in [9.17, 15) is 13.2 Å². The Morgan fingerprint density at radius 2 is 1.48 bits per heavy atom. The second-order valence-corrected chi connectivity index (χ2v) is 10.1. The number of β-lactam (4-membered cyclic amide) rings is 1. The van der Waals surface area contributed by atoms with E-state index < -0.39 is 27.9 Å². The molecule has 1 aliphatic rings. The van der Waals surface area contributed by atoms with E-state index in [0.717, 1.165) is 31.0 Å². The molecule has 1 heterocycles. The average molecular weight is 470 g/mol. The maximum atomic E-state index is 13.3. The van der Waals surface area contributed by atoms with E-state index in [1.165, 1.54) is 0 Å². The monoisotopic (exact) mass is 469 g/mol. The number of halogens is 1. The highest BCUT2D eigenvalue weighted by Crippen LogP contribution is 2.49. The Labute approximate surface area is 179 Å². The summed E-state index contributed by atoms with van der Waals surface area (Å²) in [6.07, 6.45) is 0. The number of hydrogen-bond donors (Lipinski definition) is 0. The molecule has 0 aliphatic carbocycles. The Hall–Kier alpha value is -2.44. The molecule has 0 N–H and O–H groups in total. The zero-order valence-corrected chi connectivity index (χ0v) is 18.4. The molecule has 0 radical (unpaired) electrons. The predicted molar refractivity (Wildman–Crippen MR) is 116 cm³/mol. The van der Waals surface area contributed by atoms with Crippen LogP contribution in [-0.2, 0) is 14.8 Å². The van der Waals surface area contributed by atoms with Gasteiger partial charge in [0.25, 0.3) is 10.0 Å². The van der Waals surface area contributed by atoms with Crippen molar-refractivity contribution in [1.29, 1.82) is 0 Å². The maximum Gasteiger partial charge on any atom is 0.267 e. The van der Waals surface area contributed by atoms with Crippen molar-refractivity contribution in [2.75, 3.05) is 0 Å². The molecule has 1 fully saturated rings. The Morgan fingerprint density at radius 3 is 2.10 bits per heavy atom. The highest BCUT2D eigenvalue weighted by molar-refractivity contribution is 9.10. The molecule has 148 valence electrons. The number of amides is 1. The molecule has 1 amide bonds. The van der Waals surface area contributed by atoms with Gasteiger partial charge in [0.15, 0.2) is 0 Å². The van der Waals surface area contributed by atoms with Crippen molar-refractivity contribution in [2.24, 2.45) is 0 Å². The maximum absolute atomic E-state index is 13.3. The van der Waals surface area contributed by atoms with E-state index in [-0.39, 0.29) is 4.90 Å². The first kappa shape index (κ1) is 19.9. The van der Waals surface area contributed by atoms with Crippen LogP contribution in [0.1, 0.15) is 34.2 Å². The number of carbonyl (C=O) groups excluding carboxylic acids is 1. The number of benzene rings is 3. The molecule has 2 atom stereocenters. The zero-order chi connectivity index (χ0) is 20.8. The van der Waals surface area contributed by atoms with Gasteiger partial charge < -0.3 is 0 Å². The van der Waals surface area contributed by atoms with Crippen LogP contribution in [0.2, 0.25) is 0 Å². The first-order valence-electron chi connectivity index (χ1n) is 9.26. The molecule has 0 unspecified atom stereocenters. The summed E-state index contributed by atoms with van der Waals surface area (Å²) in [4.78, 5) is 13.3. The number of sulfonamides is 1.